The maximum Gasteiger partial charge on any atom is 0.188 e. The van der Waals surface area contributed by atoms with Crippen molar-refractivity contribution in [3.05, 3.63) is 0 Å². The monoisotopic (exact) mass is 237 g/mol. The summed E-state index contributed by atoms with van der Waals surface area (Å²) < 4.78 is 0. The minimum Gasteiger partial charge on any atom is -0.396 e. The maximum atomic E-state index is 9.57. The first-order chi connectivity index (χ1) is 8.15. The Morgan fingerprint density at radius 2 is 2.06 bits per heavy atom. The summed E-state index contributed by atoms with van der Waals surface area (Å²) in [4.78, 5) is 4.42. The van der Waals surface area contributed by atoms with Gasteiger partial charge < -0.3 is 16.2 Å². The zero-order chi connectivity index (χ0) is 11.9. The molecule has 0 heterocycles. The molecule has 3 aliphatic rings. The molecule has 0 amide bonds. The molecule has 3 rings (SSSR count). The highest BCUT2D eigenvalue weighted by molar-refractivity contribution is 5.78. The highest BCUT2D eigenvalue weighted by atomic mass is 16.3. The summed E-state index contributed by atoms with van der Waals surface area (Å²) in [7, 11) is 0. The van der Waals surface area contributed by atoms with Crippen molar-refractivity contribution in [3.63, 3.8) is 0 Å². The fourth-order valence-electron chi connectivity index (χ4n) is 3.58. The van der Waals surface area contributed by atoms with Crippen molar-refractivity contribution < 1.29 is 5.11 Å². The first-order valence-electron chi connectivity index (χ1n) is 6.83. The standard InChI is InChI=1S/C13H23N3O/c14-11(16-10-2-3-10)15-8-13(9-17)6-12(7-13)4-1-5-12/h10,17H,1-9H2,(H3,14,15,16). The van der Waals surface area contributed by atoms with E-state index in [-0.39, 0.29) is 12.0 Å². The average Bonchev–Trinajstić information content (AvgIpc) is 2.98. The molecule has 3 aliphatic carbocycles. The highest BCUT2D eigenvalue weighted by Crippen LogP contribution is 2.64. The molecule has 0 aromatic heterocycles. The lowest BCUT2D eigenvalue weighted by Gasteiger charge is -2.60. The van der Waals surface area contributed by atoms with Gasteiger partial charge in [-0.2, -0.15) is 0 Å². The van der Waals surface area contributed by atoms with Crippen LogP contribution in [0.3, 0.4) is 0 Å². The van der Waals surface area contributed by atoms with Gasteiger partial charge in [-0.3, -0.25) is 4.99 Å². The third-order valence-electron chi connectivity index (χ3n) is 4.76. The lowest BCUT2D eigenvalue weighted by molar-refractivity contribution is -0.114. The number of hydrogen-bond acceptors (Lipinski definition) is 2. The van der Waals surface area contributed by atoms with Gasteiger partial charge in [0.15, 0.2) is 5.96 Å². The molecule has 4 heteroatoms. The molecule has 3 fully saturated rings. The van der Waals surface area contributed by atoms with Crippen LogP contribution in [0.5, 0.6) is 0 Å². The van der Waals surface area contributed by atoms with Crippen molar-refractivity contribution in [1.29, 1.82) is 0 Å². The van der Waals surface area contributed by atoms with E-state index in [4.69, 9.17) is 5.73 Å². The summed E-state index contributed by atoms with van der Waals surface area (Å²) in [6, 6.07) is 0.559. The summed E-state index contributed by atoms with van der Waals surface area (Å²) in [5, 5.41) is 12.8. The van der Waals surface area contributed by atoms with E-state index in [1.165, 1.54) is 32.1 Å². The Hall–Kier alpha value is -0.770. The van der Waals surface area contributed by atoms with Crippen molar-refractivity contribution in [2.75, 3.05) is 13.2 Å². The predicted octanol–water partition coefficient (Wildman–Crippen LogP) is 0.996. The zero-order valence-electron chi connectivity index (χ0n) is 10.4. The molecule has 0 unspecified atom stereocenters. The molecular formula is C13H23N3O. The van der Waals surface area contributed by atoms with Crippen LogP contribution in [0.25, 0.3) is 0 Å². The van der Waals surface area contributed by atoms with E-state index in [2.05, 4.69) is 10.3 Å². The predicted molar refractivity (Wildman–Crippen MR) is 67.7 cm³/mol. The van der Waals surface area contributed by atoms with Crippen molar-refractivity contribution >= 4 is 5.96 Å². The number of hydrogen-bond donors (Lipinski definition) is 3. The second-order valence-corrected chi connectivity index (χ2v) is 6.49. The highest BCUT2D eigenvalue weighted by Gasteiger charge is 2.56. The van der Waals surface area contributed by atoms with E-state index in [9.17, 15) is 5.11 Å². The minimum atomic E-state index is 0.0380. The van der Waals surface area contributed by atoms with Gasteiger partial charge in [-0.25, -0.2) is 0 Å². The number of rotatable bonds is 4. The number of aliphatic imine (C=N–C) groups is 1. The Morgan fingerprint density at radius 3 is 2.53 bits per heavy atom. The van der Waals surface area contributed by atoms with Crippen molar-refractivity contribution in [1.82, 2.24) is 5.32 Å². The molecule has 3 saturated carbocycles. The van der Waals surface area contributed by atoms with Gasteiger partial charge in [0, 0.05) is 11.5 Å². The average molecular weight is 237 g/mol. The van der Waals surface area contributed by atoms with E-state index < -0.39 is 0 Å². The summed E-state index contributed by atoms with van der Waals surface area (Å²) in [5.41, 5.74) is 6.44. The Labute approximate surface area is 103 Å². The summed E-state index contributed by atoms with van der Waals surface area (Å²) in [6.45, 7) is 0.950. The normalized spacial score (nSPS) is 29.6. The largest absolute Gasteiger partial charge is 0.396 e. The Morgan fingerprint density at radius 1 is 1.35 bits per heavy atom. The van der Waals surface area contributed by atoms with Crippen LogP contribution in [0, 0.1) is 10.8 Å². The lowest BCUT2D eigenvalue weighted by atomic mass is 9.45. The van der Waals surface area contributed by atoms with Gasteiger partial charge >= 0.3 is 0 Å². The van der Waals surface area contributed by atoms with Crippen LogP contribution in [0.2, 0.25) is 0 Å². The smallest absolute Gasteiger partial charge is 0.188 e. The maximum absolute atomic E-state index is 9.57. The third kappa shape index (κ3) is 2.15. The van der Waals surface area contributed by atoms with E-state index in [1.807, 2.05) is 0 Å². The first kappa shape index (κ1) is 11.3. The molecule has 17 heavy (non-hydrogen) atoms. The third-order valence-corrected chi connectivity index (χ3v) is 4.76. The molecule has 0 radical (unpaired) electrons. The van der Waals surface area contributed by atoms with E-state index >= 15 is 0 Å². The summed E-state index contributed by atoms with van der Waals surface area (Å²) >= 11 is 0. The van der Waals surface area contributed by atoms with Crippen LogP contribution < -0.4 is 11.1 Å². The summed E-state index contributed by atoms with van der Waals surface area (Å²) in [6.07, 6.45) is 8.81. The topological polar surface area (TPSA) is 70.6 Å². The molecular weight excluding hydrogens is 214 g/mol. The first-order valence-corrected chi connectivity index (χ1v) is 6.83. The van der Waals surface area contributed by atoms with Gasteiger partial charge in [0.05, 0.1) is 13.2 Å². The van der Waals surface area contributed by atoms with Gasteiger partial charge in [-0.05, 0) is 43.9 Å². The van der Waals surface area contributed by atoms with Gasteiger partial charge in [-0.1, -0.05) is 6.42 Å². The SMILES string of the molecule is NC(=NCC1(CO)CC2(CCC2)C1)NC1CC1. The Balaban J connectivity index is 1.52. The zero-order valence-corrected chi connectivity index (χ0v) is 10.4. The van der Waals surface area contributed by atoms with Crippen LogP contribution in [-0.4, -0.2) is 30.3 Å². The van der Waals surface area contributed by atoms with E-state index in [1.54, 1.807) is 0 Å². The van der Waals surface area contributed by atoms with Crippen molar-refractivity contribution in [2.45, 2.75) is 51.0 Å². The minimum absolute atomic E-state index is 0.0380. The molecule has 4 N–H and O–H groups in total. The van der Waals surface area contributed by atoms with Crippen LogP contribution in [-0.2, 0) is 0 Å². The molecule has 96 valence electrons. The van der Waals surface area contributed by atoms with Gasteiger partial charge in [-0.15, -0.1) is 0 Å². The fraction of sp³-hybridized carbons (Fsp3) is 0.923. The van der Waals surface area contributed by atoms with Crippen molar-refractivity contribution in [2.24, 2.45) is 21.6 Å². The van der Waals surface area contributed by atoms with Gasteiger partial charge in [0.2, 0.25) is 0 Å². The number of nitrogens with zero attached hydrogens (tertiary/aromatic N) is 1. The van der Waals surface area contributed by atoms with Crippen LogP contribution in [0.4, 0.5) is 0 Å². The molecule has 0 aromatic carbocycles. The van der Waals surface area contributed by atoms with E-state index in [0.29, 0.717) is 24.0 Å². The Bertz CT molecular complexity index is 324. The molecule has 0 aliphatic heterocycles. The molecule has 0 atom stereocenters. The number of nitrogens with one attached hydrogen (secondary N) is 1. The molecule has 1 spiro atoms. The molecule has 0 bridgehead atoms. The van der Waals surface area contributed by atoms with Crippen LogP contribution in [0.15, 0.2) is 4.99 Å². The fourth-order valence-corrected chi connectivity index (χ4v) is 3.58. The van der Waals surface area contributed by atoms with Crippen molar-refractivity contribution in [3.8, 4) is 0 Å². The molecule has 0 saturated heterocycles. The lowest BCUT2D eigenvalue weighted by Crippen LogP contribution is -2.54. The van der Waals surface area contributed by atoms with Gasteiger partial charge in [0.25, 0.3) is 0 Å². The number of aliphatic hydroxyl groups is 1. The van der Waals surface area contributed by atoms with Crippen LogP contribution >= 0.6 is 0 Å². The van der Waals surface area contributed by atoms with Crippen LogP contribution in [0.1, 0.15) is 44.9 Å². The quantitative estimate of drug-likeness (QED) is 0.504. The second kappa shape index (κ2) is 3.87. The number of nitrogens with two attached hydrogens (primary N) is 1. The van der Waals surface area contributed by atoms with Gasteiger partial charge in [0.1, 0.15) is 0 Å². The molecule has 4 nitrogen and oxygen atoms in total. The van der Waals surface area contributed by atoms with E-state index in [0.717, 1.165) is 12.8 Å². The summed E-state index contributed by atoms with van der Waals surface area (Å²) in [5.74, 6) is 0.565. The number of aliphatic hydroxyl groups excluding tert-OH is 1. The molecule has 0 aromatic rings. The second-order valence-electron chi connectivity index (χ2n) is 6.49. The Kier molecular flexibility index (Phi) is 2.58. The number of guanidine groups is 1.